The Morgan fingerprint density at radius 3 is 2.44 bits per heavy atom. The van der Waals surface area contributed by atoms with Gasteiger partial charge in [0.05, 0.1) is 17.1 Å². The maximum absolute atomic E-state index is 11.7. The second-order valence-corrected chi connectivity index (χ2v) is 8.90. The quantitative estimate of drug-likeness (QED) is 0.219. The average molecular weight is 528 g/mol. The van der Waals surface area contributed by atoms with Gasteiger partial charge in [-0.15, -0.1) is 0 Å². The summed E-state index contributed by atoms with van der Waals surface area (Å²) >= 11 is 0. The lowest BCUT2D eigenvalue weighted by Crippen LogP contribution is -2.37. The first kappa shape index (κ1) is 33.1. The van der Waals surface area contributed by atoms with Crippen LogP contribution in [0, 0.1) is 11.3 Å². The molecule has 1 heterocycles. The molecule has 0 aromatic heterocycles. The summed E-state index contributed by atoms with van der Waals surface area (Å²) in [6.45, 7) is 28.5. The normalized spacial score (nSPS) is 15.2. The molecule has 6 heteroatoms. The van der Waals surface area contributed by atoms with Gasteiger partial charge in [-0.2, -0.15) is 5.26 Å². The highest BCUT2D eigenvalue weighted by atomic mass is 16.1. The summed E-state index contributed by atoms with van der Waals surface area (Å²) in [5.74, 6) is -0.577. The van der Waals surface area contributed by atoms with Gasteiger partial charge in [0.2, 0.25) is 0 Å². The SMILES string of the molecule is C=C1C(=C)C(N2CCc3ccc(CNCC(=C)C(/C=C(\C)C(=O)C#N)=N\C(C)=C\C)cc3C2)=C1N.CC.CC. The lowest BCUT2D eigenvalue weighted by molar-refractivity contribution is -0.110. The van der Waals surface area contributed by atoms with Crippen LogP contribution in [0.1, 0.15) is 65.2 Å². The highest BCUT2D eigenvalue weighted by Gasteiger charge is 2.30. The van der Waals surface area contributed by atoms with E-state index in [1.807, 2.05) is 47.6 Å². The lowest BCUT2D eigenvalue weighted by atomic mass is 9.87. The van der Waals surface area contributed by atoms with Crippen molar-refractivity contribution in [1.82, 2.24) is 10.2 Å². The summed E-state index contributed by atoms with van der Waals surface area (Å²) in [5.41, 5.74) is 16.0. The summed E-state index contributed by atoms with van der Waals surface area (Å²) in [6, 6.07) is 8.23. The van der Waals surface area contributed by atoms with Crippen LogP contribution in [-0.4, -0.2) is 29.5 Å². The summed E-state index contributed by atoms with van der Waals surface area (Å²) in [5, 5.41) is 12.3. The minimum atomic E-state index is -0.577. The molecule has 3 N–H and O–H groups in total. The Hall–Kier alpha value is -3.95. The van der Waals surface area contributed by atoms with Gasteiger partial charge in [0.25, 0.3) is 5.78 Å². The highest BCUT2D eigenvalue weighted by Crippen LogP contribution is 2.38. The number of Topliss-reactive ketones (excluding diaryl/α,β-unsaturated/α-hetero) is 1. The van der Waals surface area contributed by atoms with Crippen molar-refractivity contribution in [2.75, 3.05) is 13.1 Å². The molecular formula is C33H45N5O. The second-order valence-electron chi connectivity index (χ2n) is 8.90. The first-order valence-electron chi connectivity index (χ1n) is 13.6. The molecule has 1 aliphatic heterocycles. The minimum absolute atomic E-state index is 0.337. The Morgan fingerprint density at radius 1 is 1.18 bits per heavy atom. The van der Waals surface area contributed by atoms with Crippen molar-refractivity contribution >= 4 is 11.5 Å². The lowest BCUT2D eigenvalue weighted by Gasteiger charge is -2.39. The Bertz CT molecular complexity index is 1270. The zero-order chi connectivity index (χ0) is 29.7. The van der Waals surface area contributed by atoms with Crippen molar-refractivity contribution in [3.63, 3.8) is 0 Å². The molecule has 0 radical (unpaired) electrons. The molecule has 0 saturated carbocycles. The van der Waals surface area contributed by atoms with E-state index in [0.29, 0.717) is 24.4 Å². The molecule has 1 aliphatic carbocycles. The zero-order valence-electron chi connectivity index (χ0n) is 24.9. The number of allylic oxidation sites excluding steroid dienone is 6. The minimum Gasteiger partial charge on any atom is -0.397 e. The van der Waals surface area contributed by atoms with Gasteiger partial charge in [-0.05, 0) is 55.5 Å². The van der Waals surface area contributed by atoms with Gasteiger partial charge in [-0.25, -0.2) is 0 Å². The fourth-order valence-electron chi connectivity index (χ4n) is 4.10. The van der Waals surface area contributed by atoms with E-state index in [1.54, 1.807) is 19.1 Å². The molecule has 39 heavy (non-hydrogen) atoms. The molecule has 0 unspecified atom stereocenters. The van der Waals surface area contributed by atoms with Crippen molar-refractivity contribution in [2.24, 2.45) is 10.7 Å². The fourth-order valence-corrected chi connectivity index (χ4v) is 4.10. The molecule has 0 atom stereocenters. The smallest absolute Gasteiger partial charge is 0.257 e. The molecule has 3 rings (SSSR count). The van der Waals surface area contributed by atoms with Crippen molar-refractivity contribution in [3.8, 4) is 6.07 Å². The Kier molecular flexibility index (Phi) is 13.7. The van der Waals surface area contributed by atoms with Gasteiger partial charge in [0.15, 0.2) is 0 Å². The van der Waals surface area contributed by atoms with Gasteiger partial charge in [0.1, 0.15) is 6.07 Å². The highest BCUT2D eigenvalue weighted by molar-refractivity contribution is 6.16. The van der Waals surface area contributed by atoms with E-state index in [1.165, 1.54) is 16.7 Å². The van der Waals surface area contributed by atoms with Gasteiger partial charge in [-0.1, -0.05) is 71.7 Å². The number of nitrogens with one attached hydrogen (secondary N) is 1. The van der Waals surface area contributed by atoms with E-state index >= 15 is 0 Å². The monoisotopic (exact) mass is 527 g/mol. The number of hydrogen-bond acceptors (Lipinski definition) is 6. The van der Waals surface area contributed by atoms with Crippen molar-refractivity contribution < 1.29 is 4.79 Å². The van der Waals surface area contributed by atoms with Gasteiger partial charge in [0, 0.05) is 48.6 Å². The number of nitriles is 1. The largest absolute Gasteiger partial charge is 0.397 e. The molecule has 2 aliphatic rings. The number of carbonyl (C=O) groups is 1. The number of benzene rings is 1. The van der Waals surface area contributed by atoms with Crippen molar-refractivity contribution in [1.29, 1.82) is 5.26 Å². The van der Waals surface area contributed by atoms with E-state index in [4.69, 9.17) is 11.0 Å². The number of nitrogens with zero attached hydrogens (tertiary/aromatic N) is 3. The number of hydrogen-bond donors (Lipinski definition) is 2. The molecule has 1 aromatic carbocycles. The van der Waals surface area contributed by atoms with Crippen LogP contribution in [0.5, 0.6) is 0 Å². The van der Waals surface area contributed by atoms with Crippen LogP contribution in [0.4, 0.5) is 0 Å². The molecule has 1 aromatic rings. The fraction of sp³-hybridized carbons (Fsp3) is 0.364. The van der Waals surface area contributed by atoms with Crippen molar-refractivity contribution in [3.05, 3.63) is 106 Å². The Labute approximate surface area is 235 Å². The van der Waals surface area contributed by atoms with E-state index in [2.05, 4.69) is 53.1 Å². The average Bonchev–Trinajstić information content (AvgIpc) is 2.97. The predicted molar refractivity (Wildman–Crippen MR) is 165 cm³/mol. The zero-order valence-corrected chi connectivity index (χ0v) is 24.9. The van der Waals surface area contributed by atoms with Crippen LogP contribution in [0.25, 0.3) is 0 Å². The Morgan fingerprint density at radius 2 is 1.85 bits per heavy atom. The maximum atomic E-state index is 11.7. The molecule has 0 bridgehead atoms. The Balaban J connectivity index is 0.00000181. The summed E-state index contributed by atoms with van der Waals surface area (Å²) in [6.07, 6.45) is 4.47. The van der Waals surface area contributed by atoms with Crippen molar-refractivity contribution in [2.45, 2.75) is 68.0 Å². The van der Waals surface area contributed by atoms with Gasteiger partial charge < -0.3 is 16.0 Å². The van der Waals surface area contributed by atoms with Crippen LogP contribution in [0.3, 0.4) is 0 Å². The molecule has 6 nitrogen and oxygen atoms in total. The summed E-state index contributed by atoms with van der Waals surface area (Å²) in [4.78, 5) is 18.6. The third kappa shape index (κ3) is 8.53. The molecular weight excluding hydrogens is 482 g/mol. The van der Waals surface area contributed by atoms with Crippen LogP contribution in [0.15, 0.2) is 94.5 Å². The molecule has 0 spiro atoms. The molecule has 0 fully saturated rings. The number of aliphatic imine (C=N–C) groups is 1. The van der Waals surface area contributed by atoms with Gasteiger partial charge in [-0.3, -0.25) is 9.79 Å². The van der Waals surface area contributed by atoms with Crippen LogP contribution in [0.2, 0.25) is 0 Å². The number of ketones is 1. The van der Waals surface area contributed by atoms with E-state index < -0.39 is 5.78 Å². The first-order valence-corrected chi connectivity index (χ1v) is 13.6. The van der Waals surface area contributed by atoms with Crippen LogP contribution >= 0.6 is 0 Å². The second kappa shape index (κ2) is 16.1. The molecule has 208 valence electrons. The summed E-state index contributed by atoms with van der Waals surface area (Å²) < 4.78 is 0. The van der Waals surface area contributed by atoms with Crippen LogP contribution in [-0.2, 0) is 24.3 Å². The third-order valence-corrected chi connectivity index (χ3v) is 6.39. The first-order chi connectivity index (χ1) is 18.7. The topological polar surface area (TPSA) is 94.5 Å². The summed E-state index contributed by atoms with van der Waals surface area (Å²) in [7, 11) is 0. The van der Waals surface area contributed by atoms with E-state index in [9.17, 15) is 4.79 Å². The maximum Gasteiger partial charge on any atom is 0.257 e. The van der Waals surface area contributed by atoms with E-state index in [0.717, 1.165) is 53.3 Å². The number of fused-ring (bicyclic) bond motifs is 1. The predicted octanol–water partition coefficient (Wildman–Crippen LogP) is 6.44. The molecule has 0 amide bonds. The van der Waals surface area contributed by atoms with E-state index in [-0.39, 0.29) is 0 Å². The molecule has 0 saturated heterocycles. The standard InChI is InChI=1S/C29H33N5O.2C2H6/c1-7-20(4)33-26(12-18(2)27(35)14-30)19(3)15-32-16-23-8-9-24-10-11-34(17-25(24)13-23)29-22(6)21(5)28(29)31;2*1-2/h7-9,12-13,32H,3,5-6,10-11,15-17,31H2,1-2,4H3;2*1-2H3/b18-12+,20-7+,33-26-;;. The number of rotatable bonds is 9. The number of carbonyl (C=O) groups excluding carboxylic acids is 1. The van der Waals surface area contributed by atoms with Crippen LogP contribution < -0.4 is 11.1 Å². The number of nitrogens with two attached hydrogens (primary N) is 1. The van der Waals surface area contributed by atoms with Gasteiger partial charge >= 0.3 is 0 Å². The third-order valence-electron chi connectivity index (χ3n) is 6.39.